The van der Waals surface area contributed by atoms with Crippen molar-refractivity contribution in [3.05, 3.63) is 35.9 Å². The molecule has 1 aromatic carbocycles. The number of rotatable bonds is 16. The molecule has 0 aromatic heterocycles. The highest BCUT2D eigenvalue weighted by Gasteiger charge is 2.21. The van der Waals surface area contributed by atoms with E-state index in [0.29, 0.717) is 44.8 Å². The molecular weight excluding hydrogens is 540 g/mol. The molecule has 1 aromatic rings. The Morgan fingerprint density at radius 3 is 1.26 bits per heavy atom. The zero-order chi connectivity index (χ0) is 32.0. The highest BCUT2D eigenvalue weighted by atomic mass is 16.6. The van der Waals surface area contributed by atoms with Crippen LogP contribution in [-0.2, 0) is 33.3 Å². The minimum Gasteiger partial charge on any atom is -0.461 e. The summed E-state index contributed by atoms with van der Waals surface area (Å²) in [4.78, 5) is 53.6. The first-order valence-corrected chi connectivity index (χ1v) is 14.7. The molecule has 42 heavy (non-hydrogen) atoms. The van der Waals surface area contributed by atoms with E-state index in [0.717, 1.165) is 0 Å². The summed E-state index contributed by atoms with van der Waals surface area (Å²) in [5, 5.41) is 0. The number of hydrogen-bond acceptors (Lipinski definition) is 10. The summed E-state index contributed by atoms with van der Waals surface area (Å²) in [6.07, 6.45) is 0.496. The second-order valence-electron chi connectivity index (χ2n) is 13.2. The number of benzene rings is 1. The summed E-state index contributed by atoms with van der Waals surface area (Å²) >= 11 is 0. The Morgan fingerprint density at radius 2 is 0.905 bits per heavy atom. The smallest absolute Gasteiger partial charge is 0.338 e. The quantitative estimate of drug-likeness (QED) is 0.199. The number of carbonyl (C=O) groups excluding carboxylic acids is 4. The van der Waals surface area contributed by atoms with E-state index in [2.05, 4.69) is 0 Å². The maximum absolute atomic E-state index is 12.4. The molecule has 0 heterocycles. The van der Waals surface area contributed by atoms with Crippen LogP contribution in [0.15, 0.2) is 30.3 Å². The Balaban J connectivity index is 2.87. The molecule has 0 bridgehead atoms. The van der Waals surface area contributed by atoms with E-state index in [1.165, 1.54) is 0 Å². The fourth-order valence-corrected chi connectivity index (χ4v) is 3.80. The van der Waals surface area contributed by atoms with E-state index in [1.807, 2.05) is 78.2 Å². The fraction of sp³-hybridized carbons (Fsp3) is 0.688. The van der Waals surface area contributed by atoms with Gasteiger partial charge in [-0.05, 0) is 74.4 Å². The Kier molecular flexibility index (Phi) is 15.2. The van der Waals surface area contributed by atoms with Crippen LogP contribution in [0.5, 0.6) is 0 Å². The molecule has 1 rings (SSSR count). The minimum absolute atomic E-state index is 0.137. The molecule has 0 fully saturated rings. The standard InChI is InChI=1S/C32H52N2O8/c1-30(2,3)40-26(35)15-18-33(19-16-27(36)41-31(4,5)6)21-22-34(20-17-28(37)42-32(7,8)9)23-24-39-29(38)25-13-11-10-12-14-25/h10-14H,15-24H2,1-9H3. The molecule has 0 aliphatic carbocycles. The molecule has 0 atom stereocenters. The summed E-state index contributed by atoms with van der Waals surface area (Å²) in [7, 11) is 0. The van der Waals surface area contributed by atoms with Crippen molar-refractivity contribution in [1.29, 1.82) is 0 Å². The molecule has 0 saturated heterocycles. The lowest BCUT2D eigenvalue weighted by Crippen LogP contribution is -2.40. The van der Waals surface area contributed by atoms with Crippen LogP contribution in [0.2, 0.25) is 0 Å². The summed E-state index contributed by atoms with van der Waals surface area (Å²) in [5.74, 6) is -1.38. The number of hydrogen-bond donors (Lipinski definition) is 0. The minimum atomic E-state index is -0.590. The lowest BCUT2D eigenvalue weighted by atomic mass is 10.2. The topological polar surface area (TPSA) is 112 Å². The van der Waals surface area contributed by atoms with E-state index in [4.69, 9.17) is 18.9 Å². The average molecular weight is 593 g/mol. The van der Waals surface area contributed by atoms with Crippen LogP contribution in [0, 0.1) is 0 Å². The number of ether oxygens (including phenoxy) is 4. The molecule has 238 valence electrons. The maximum Gasteiger partial charge on any atom is 0.338 e. The van der Waals surface area contributed by atoms with Gasteiger partial charge < -0.3 is 23.8 Å². The van der Waals surface area contributed by atoms with E-state index < -0.39 is 22.8 Å². The predicted molar refractivity (Wildman–Crippen MR) is 161 cm³/mol. The maximum atomic E-state index is 12.4. The summed E-state index contributed by atoms with van der Waals surface area (Å²) in [5.41, 5.74) is -1.30. The molecule has 0 N–H and O–H groups in total. The van der Waals surface area contributed by atoms with Crippen LogP contribution in [0.1, 0.15) is 91.9 Å². The van der Waals surface area contributed by atoms with Crippen LogP contribution in [0.3, 0.4) is 0 Å². The van der Waals surface area contributed by atoms with Crippen LogP contribution in [0.25, 0.3) is 0 Å². The van der Waals surface area contributed by atoms with Gasteiger partial charge in [0, 0.05) is 39.3 Å². The van der Waals surface area contributed by atoms with Gasteiger partial charge in [-0.15, -0.1) is 0 Å². The lowest BCUT2D eigenvalue weighted by Gasteiger charge is -2.28. The monoisotopic (exact) mass is 592 g/mol. The average Bonchev–Trinajstić information content (AvgIpc) is 2.83. The van der Waals surface area contributed by atoms with Gasteiger partial charge in [-0.3, -0.25) is 19.3 Å². The normalized spacial score (nSPS) is 12.3. The zero-order valence-electron chi connectivity index (χ0n) is 27.1. The molecule has 0 amide bonds. The summed E-state index contributed by atoms with van der Waals surface area (Å²) < 4.78 is 21.8. The van der Waals surface area contributed by atoms with Crippen molar-refractivity contribution in [2.24, 2.45) is 0 Å². The molecule has 10 nitrogen and oxygen atoms in total. The third-order valence-electron chi connectivity index (χ3n) is 5.54. The largest absolute Gasteiger partial charge is 0.461 e. The van der Waals surface area contributed by atoms with Crippen molar-refractivity contribution in [2.75, 3.05) is 45.9 Å². The molecule has 0 saturated carbocycles. The molecule has 0 unspecified atom stereocenters. The summed E-state index contributed by atoms with van der Waals surface area (Å²) in [6, 6.07) is 8.75. The highest BCUT2D eigenvalue weighted by molar-refractivity contribution is 5.89. The van der Waals surface area contributed by atoms with Crippen molar-refractivity contribution >= 4 is 23.9 Å². The van der Waals surface area contributed by atoms with Crippen LogP contribution in [0.4, 0.5) is 0 Å². The Bertz CT molecular complexity index is 958. The van der Waals surface area contributed by atoms with Gasteiger partial charge in [0.1, 0.15) is 23.4 Å². The van der Waals surface area contributed by atoms with Crippen LogP contribution in [-0.4, -0.2) is 96.4 Å². The third kappa shape index (κ3) is 19.2. The number of carbonyl (C=O) groups is 4. The van der Waals surface area contributed by atoms with Crippen molar-refractivity contribution in [2.45, 2.75) is 98.4 Å². The summed E-state index contributed by atoms with van der Waals surface area (Å²) in [6.45, 7) is 19.1. The van der Waals surface area contributed by atoms with Crippen molar-refractivity contribution in [1.82, 2.24) is 9.80 Å². The molecule has 0 spiro atoms. The molecule has 0 radical (unpaired) electrons. The molecule has 0 aliphatic heterocycles. The second kappa shape index (κ2) is 17.2. The van der Waals surface area contributed by atoms with Gasteiger partial charge in [0.25, 0.3) is 0 Å². The van der Waals surface area contributed by atoms with Gasteiger partial charge in [-0.25, -0.2) is 4.79 Å². The first-order chi connectivity index (χ1) is 19.3. The Morgan fingerprint density at radius 1 is 0.548 bits per heavy atom. The van der Waals surface area contributed by atoms with Gasteiger partial charge in [-0.1, -0.05) is 18.2 Å². The second-order valence-corrected chi connectivity index (χ2v) is 13.2. The first kappa shape index (κ1) is 37.0. The van der Waals surface area contributed by atoms with Crippen molar-refractivity contribution in [3.8, 4) is 0 Å². The molecule has 10 heteroatoms. The van der Waals surface area contributed by atoms with Gasteiger partial charge >= 0.3 is 23.9 Å². The highest BCUT2D eigenvalue weighted by Crippen LogP contribution is 2.12. The SMILES string of the molecule is CC(C)(C)OC(=O)CCN(CCOC(=O)c1ccccc1)CCN(CCC(=O)OC(C)(C)C)CCC(=O)OC(C)(C)C. The first-order valence-electron chi connectivity index (χ1n) is 14.7. The van der Waals surface area contributed by atoms with E-state index in [9.17, 15) is 19.2 Å². The molecular formula is C32H52N2O8. The fourth-order valence-electron chi connectivity index (χ4n) is 3.80. The van der Waals surface area contributed by atoms with E-state index in [-0.39, 0.29) is 43.8 Å². The van der Waals surface area contributed by atoms with Crippen molar-refractivity contribution < 1.29 is 38.1 Å². The van der Waals surface area contributed by atoms with Gasteiger partial charge in [0.05, 0.1) is 24.8 Å². The van der Waals surface area contributed by atoms with Gasteiger partial charge in [-0.2, -0.15) is 0 Å². The zero-order valence-corrected chi connectivity index (χ0v) is 27.1. The Labute approximate surface area is 252 Å². The van der Waals surface area contributed by atoms with Crippen LogP contribution < -0.4 is 0 Å². The Hall–Kier alpha value is -2.98. The number of esters is 4. The molecule has 0 aliphatic rings. The van der Waals surface area contributed by atoms with Gasteiger partial charge in [0.2, 0.25) is 0 Å². The van der Waals surface area contributed by atoms with Crippen LogP contribution >= 0.6 is 0 Å². The number of nitrogens with zero attached hydrogens (tertiary/aromatic N) is 2. The van der Waals surface area contributed by atoms with Crippen molar-refractivity contribution in [3.63, 3.8) is 0 Å². The lowest BCUT2D eigenvalue weighted by molar-refractivity contribution is -0.157. The van der Waals surface area contributed by atoms with E-state index in [1.54, 1.807) is 24.3 Å². The van der Waals surface area contributed by atoms with Gasteiger partial charge in [0.15, 0.2) is 0 Å². The third-order valence-corrected chi connectivity index (χ3v) is 5.54. The predicted octanol–water partition coefficient (Wildman–Crippen LogP) is 4.64. The van der Waals surface area contributed by atoms with E-state index >= 15 is 0 Å².